The first-order valence-corrected chi connectivity index (χ1v) is 8.66. The summed E-state index contributed by atoms with van der Waals surface area (Å²) < 4.78 is 29.4. The highest BCUT2D eigenvalue weighted by atomic mass is 19.1. The van der Waals surface area contributed by atoms with Crippen LogP contribution in [0.3, 0.4) is 0 Å². The number of carbonyl (C=O) groups is 1. The second-order valence-corrected chi connectivity index (χ2v) is 6.27. The first kappa shape index (κ1) is 18.4. The predicted molar refractivity (Wildman–Crippen MR) is 104 cm³/mol. The molecule has 2 heterocycles. The summed E-state index contributed by atoms with van der Waals surface area (Å²) in [7, 11) is 0. The van der Waals surface area contributed by atoms with Crippen molar-refractivity contribution in [3.05, 3.63) is 94.2 Å². The van der Waals surface area contributed by atoms with Gasteiger partial charge < -0.3 is 5.32 Å². The molecule has 1 N–H and O–H groups in total. The number of rotatable bonds is 3. The molecule has 0 radical (unpaired) electrons. The summed E-state index contributed by atoms with van der Waals surface area (Å²) in [6.45, 7) is 1.62. The van der Waals surface area contributed by atoms with Gasteiger partial charge in [0.2, 0.25) is 0 Å². The van der Waals surface area contributed by atoms with Crippen molar-refractivity contribution in [1.29, 1.82) is 0 Å². The van der Waals surface area contributed by atoms with Gasteiger partial charge in [-0.25, -0.2) is 18.7 Å². The Morgan fingerprint density at radius 1 is 1.03 bits per heavy atom. The van der Waals surface area contributed by atoms with Gasteiger partial charge in [0.25, 0.3) is 11.5 Å². The molecule has 0 spiro atoms. The van der Waals surface area contributed by atoms with Crippen LogP contribution in [0.2, 0.25) is 0 Å². The van der Waals surface area contributed by atoms with Gasteiger partial charge in [0, 0.05) is 6.20 Å². The number of pyridine rings is 1. The molecule has 2 aromatic heterocycles. The van der Waals surface area contributed by atoms with Crippen molar-refractivity contribution in [2.75, 3.05) is 5.32 Å². The monoisotopic (exact) mass is 392 g/mol. The highest BCUT2D eigenvalue weighted by molar-refractivity contribution is 6.04. The smallest absolute Gasteiger partial charge is 0.267 e. The van der Waals surface area contributed by atoms with Gasteiger partial charge in [-0.15, -0.1) is 0 Å². The fourth-order valence-electron chi connectivity index (χ4n) is 3.01. The van der Waals surface area contributed by atoms with E-state index in [0.29, 0.717) is 22.5 Å². The Morgan fingerprint density at radius 3 is 2.62 bits per heavy atom. The summed E-state index contributed by atoms with van der Waals surface area (Å²) in [5, 5.41) is 2.66. The van der Waals surface area contributed by atoms with E-state index in [1.807, 2.05) is 0 Å². The van der Waals surface area contributed by atoms with E-state index in [-0.39, 0.29) is 16.8 Å². The molecular formula is C21H14F2N4O2. The number of aryl methyl sites for hydroxylation is 1. The van der Waals surface area contributed by atoms with Gasteiger partial charge in [0.05, 0.1) is 22.3 Å². The second kappa shape index (κ2) is 7.23. The molecule has 0 aliphatic heterocycles. The van der Waals surface area contributed by atoms with Crippen molar-refractivity contribution in [1.82, 2.24) is 14.5 Å². The SMILES string of the molecule is Cc1nc2ncccc2c(=O)n1-c1ccc(F)c(NC(=O)c2ccccc2F)c1. The van der Waals surface area contributed by atoms with E-state index in [0.717, 1.165) is 12.1 Å². The third-order valence-electron chi connectivity index (χ3n) is 4.39. The van der Waals surface area contributed by atoms with Gasteiger partial charge in [0.15, 0.2) is 5.65 Å². The summed E-state index contributed by atoms with van der Waals surface area (Å²) in [6, 6.07) is 12.4. The molecule has 1 amide bonds. The van der Waals surface area contributed by atoms with Crippen LogP contribution in [0.1, 0.15) is 16.2 Å². The lowest BCUT2D eigenvalue weighted by Gasteiger charge is -2.13. The predicted octanol–water partition coefficient (Wildman–Crippen LogP) is 3.62. The van der Waals surface area contributed by atoms with Crippen LogP contribution >= 0.6 is 0 Å². The lowest BCUT2D eigenvalue weighted by Crippen LogP contribution is -2.23. The van der Waals surface area contributed by atoms with E-state index in [4.69, 9.17) is 0 Å². The summed E-state index contributed by atoms with van der Waals surface area (Å²) >= 11 is 0. The number of anilines is 1. The molecule has 0 atom stereocenters. The standard InChI is InChI=1S/C21H14F2N4O2/c1-12-25-19-15(6-4-10-24-19)21(29)27(12)13-8-9-17(23)18(11-13)26-20(28)14-5-2-3-7-16(14)22/h2-11H,1H3,(H,26,28). The van der Waals surface area contributed by atoms with Crippen LogP contribution in [0.25, 0.3) is 16.7 Å². The van der Waals surface area contributed by atoms with Gasteiger partial charge in [-0.3, -0.25) is 14.2 Å². The van der Waals surface area contributed by atoms with Crippen LogP contribution < -0.4 is 10.9 Å². The Bertz CT molecular complexity index is 1320. The van der Waals surface area contributed by atoms with Crippen LogP contribution in [-0.4, -0.2) is 20.4 Å². The quantitative estimate of drug-likeness (QED) is 0.578. The van der Waals surface area contributed by atoms with E-state index >= 15 is 0 Å². The van der Waals surface area contributed by atoms with E-state index in [9.17, 15) is 18.4 Å². The number of hydrogen-bond acceptors (Lipinski definition) is 4. The van der Waals surface area contributed by atoms with E-state index in [1.54, 1.807) is 19.1 Å². The van der Waals surface area contributed by atoms with Gasteiger partial charge in [-0.1, -0.05) is 12.1 Å². The van der Waals surface area contributed by atoms with Crippen molar-refractivity contribution in [2.24, 2.45) is 0 Å². The molecule has 4 rings (SSSR count). The summed E-state index contributed by atoms with van der Waals surface area (Å²) in [4.78, 5) is 33.6. The number of amides is 1. The van der Waals surface area contributed by atoms with Crippen molar-refractivity contribution in [3.8, 4) is 5.69 Å². The maximum atomic E-state index is 14.3. The first-order chi connectivity index (χ1) is 14.0. The maximum Gasteiger partial charge on any atom is 0.267 e. The second-order valence-electron chi connectivity index (χ2n) is 6.27. The number of benzene rings is 2. The number of carbonyl (C=O) groups excluding carboxylic acids is 1. The van der Waals surface area contributed by atoms with Crippen LogP contribution in [0.4, 0.5) is 14.5 Å². The molecule has 144 valence electrons. The zero-order valence-corrected chi connectivity index (χ0v) is 15.2. The van der Waals surface area contributed by atoms with Crippen LogP contribution in [0.15, 0.2) is 65.6 Å². The van der Waals surface area contributed by atoms with Crippen LogP contribution in [0.5, 0.6) is 0 Å². The zero-order chi connectivity index (χ0) is 20.5. The molecule has 8 heteroatoms. The molecule has 0 aliphatic rings. The average molecular weight is 392 g/mol. The van der Waals surface area contributed by atoms with Crippen molar-refractivity contribution in [2.45, 2.75) is 6.92 Å². The number of aromatic nitrogens is 3. The average Bonchev–Trinajstić information content (AvgIpc) is 2.70. The highest BCUT2D eigenvalue weighted by Gasteiger charge is 2.16. The summed E-state index contributed by atoms with van der Waals surface area (Å²) in [6.07, 6.45) is 1.53. The molecular weight excluding hydrogens is 378 g/mol. The van der Waals surface area contributed by atoms with Gasteiger partial charge in [-0.2, -0.15) is 0 Å². The minimum Gasteiger partial charge on any atom is -0.319 e. The Kier molecular flexibility index (Phi) is 4.59. The van der Waals surface area contributed by atoms with Gasteiger partial charge in [0.1, 0.15) is 17.5 Å². The normalized spacial score (nSPS) is 10.9. The molecule has 0 fully saturated rings. The number of fused-ring (bicyclic) bond motifs is 1. The number of nitrogens with zero attached hydrogens (tertiary/aromatic N) is 3. The van der Waals surface area contributed by atoms with Crippen LogP contribution in [0, 0.1) is 18.6 Å². The summed E-state index contributed by atoms with van der Waals surface area (Å²) in [5.74, 6) is -1.90. The molecule has 2 aromatic carbocycles. The van der Waals surface area contributed by atoms with Crippen molar-refractivity contribution in [3.63, 3.8) is 0 Å². The first-order valence-electron chi connectivity index (χ1n) is 8.66. The lowest BCUT2D eigenvalue weighted by atomic mass is 10.2. The maximum absolute atomic E-state index is 14.3. The third kappa shape index (κ3) is 3.36. The van der Waals surface area contributed by atoms with Crippen molar-refractivity contribution < 1.29 is 13.6 Å². The molecule has 0 aliphatic carbocycles. The van der Waals surface area contributed by atoms with E-state index in [2.05, 4.69) is 15.3 Å². The molecule has 0 bridgehead atoms. The van der Waals surface area contributed by atoms with Crippen LogP contribution in [-0.2, 0) is 0 Å². The Balaban J connectivity index is 1.78. The highest BCUT2D eigenvalue weighted by Crippen LogP contribution is 2.21. The van der Waals surface area contributed by atoms with Gasteiger partial charge in [-0.05, 0) is 49.4 Å². The van der Waals surface area contributed by atoms with Crippen molar-refractivity contribution >= 4 is 22.6 Å². The fourth-order valence-corrected chi connectivity index (χ4v) is 3.01. The number of hydrogen-bond donors (Lipinski definition) is 1. The number of nitrogens with one attached hydrogen (secondary N) is 1. The molecule has 0 unspecified atom stereocenters. The fraction of sp³-hybridized carbons (Fsp3) is 0.0476. The molecule has 29 heavy (non-hydrogen) atoms. The van der Waals surface area contributed by atoms with E-state index < -0.39 is 17.5 Å². The summed E-state index contributed by atoms with van der Waals surface area (Å²) in [5.41, 5.74) is -0.173. The number of halogens is 2. The Hall–Kier alpha value is -3.94. The minimum atomic E-state index is -0.802. The largest absolute Gasteiger partial charge is 0.319 e. The topological polar surface area (TPSA) is 76.9 Å². The minimum absolute atomic E-state index is 0.187. The zero-order valence-electron chi connectivity index (χ0n) is 15.2. The third-order valence-corrected chi connectivity index (χ3v) is 4.39. The Labute approximate surface area is 163 Å². The molecule has 0 saturated heterocycles. The molecule has 0 saturated carbocycles. The molecule has 6 nitrogen and oxygen atoms in total. The lowest BCUT2D eigenvalue weighted by molar-refractivity contribution is 0.102. The molecule has 4 aromatic rings. The van der Waals surface area contributed by atoms with Gasteiger partial charge >= 0.3 is 0 Å². The van der Waals surface area contributed by atoms with E-state index in [1.165, 1.54) is 41.1 Å². The Morgan fingerprint density at radius 2 is 1.83 bits per heavy atom.